The van der Waals surface area contributed by atoms with Crippen molar-refractivity contribution < 1.29 is 23.3 Å². The van der Waals surface area contributed by atoms with Crippen molar-refractivity contribution in [3.8, 4) is 17.2 Å². The number of urea groups is 1. The first-order chi connectivity index (χ1) is 17.4. The first kappa shape index (κ1) is 24.5. The first-order valence-electron chi connectivity index (χ1n) is 11.3. The summed E-state index contributed by atoms with van der Waals surface area (Å²) in [5.41, 5.74) is 1.78. The van der Waals surface area contributed by atoms with Crippen LogP contribution in [0.3, 0.4) is 0 Å². The van der Waals surface area contributed by atoms with Crippen LogP contribution in [-0.2, 0) is 13.0 Å². The fourth-order valence-corrected chi connectivity index (χ4v) is 3.41. The number of furan rings is 1. The van der Waals surface area contributed by atoms with Crippen LogP contribution in [0.1, 0.15) is 27.7 Å². The molecule has 0 fully saturated rings. The first-order valence-corrected chi connectivity index (χ1v) is 11.3. The van der Waals surface area contributed by atoms with Crippen LogP contribution in [0, 0.1) is 6.92 Å². The highest BCUT2D eigenvalue weighted by Crippen LogP contribution is 2.23. The lowest BCUT2D eigenvalue weighted by Gasteiger charge is -2.18. The molecule has 0 saturated heterocycles. The number of nitrogens with one attached hydrogen (secondary N) is 2. The molecule has 0 bridgehead atoms. The minimum Gasteiger partial charge on any atom is -0.495 e. The maximum atomic E-state index is 12.5. The van der Waals surface area contributed by atoms with E-state index in [1.807, 2.05) is 31.2 Å². The number of ether oxygens (including phenoxy) is 1. The van der Waals surface area contributed by atoms with Gasteiger partial charge in [-0.05, 0) is 55.5 Å². The van der Waals surface area contributed by atoms with Crippen LogP contribution in [-0.4, -0.2) is 47.7 Å². The van der Waals surface area contributed by atoms with E-state index in [4.69, 9.17) is 13.7 Å². The lowest BCUT2D eigenvalue weighted by Crippen LogP contribution is -2.33. The molecule has 0 saturated carbocycles. The largest absolute Gasteiger partial charge is 0.495 e. The van der Waals surface area contributed by atoms with Crippen molar-refractivity contribution in [1.29, 1.82) is 0 Å². The summed E-state index contributed by atoms with van der Waals surface area (Å²) in [6.45, 7) is 2.55. The zero-order valence-corrected chi connectivity index (χ0v) is 20.3. The fourth-order valence-electron chi connectivity index (χ4n) is 3.41. The third-order valence-electron chi connectivity index (χ3n) is 5.45. The highest BCUT2D eigenvalue weighted by atomic mass is 16.5. The molecular weight excluding hydrogens is 462 g/mol. The van der Waals surface area contributed by atoms with Gasteiger partial charge in [0, 0.05) is 31.1 Å². The summed E-state index contributed by atoms with van der Waals surface area (Å²) in [6.07, 6.45) is 0.409. The minimum absolute atomic E-state index is 0.212. The molecule has 2 heterocycles. The number of para-hydroxylation sites is 2. The molecule has 10 heteroatoms. The smallest absolute Gasteiger partial charge is 0.321 e. The van der Waals surface area contributed by atoms with Crippen molar-refractivity contribution in [3.05, 3.63) is 83.6 Å². The number of nitrogens with zero attached hydrogens (tertiary/aromatic N) is 3. The van der Waals surface area contributed by atoms with Gasteiger partial charge in [0.2, 0.25) is 0 Å². The summed E-state index contributed by atoms with van der Waals surface area (Å²) in [5.74, 6) is 2.67. The molecule has 0 atom stereocenters. The van der Waals surface area contributed by atoms with Crippen molar-refractivity contribution in [3.63, 3.8) is 0 Å². The summed E-state index contributed by atoms with van der Waals surface area (Å²) in [6, 6.07) is 17.5. The summed E-state index contributed by atoms with van der Waals surface area (Å²) in [4.78, 5) is 30.8. The van der Waals surface area contributed by atoms with Gasteiger partial charge in [0.15, 0.2) is 5.82 Å². The molecule has 3 amide bonds. The molecule has 36 heavy (non-hydrogen) atoms. The molecule has 4 rings (SSSR count). The number of carbonyl (C=O) groups excluding carboxylic acids is 2. The predicted octanol–water partition coefficient (Wildman–Crippen LogP) is 4.28. The van der Waals surface area contributed by atoms with Crippen LogP contribution in [0.5, 0.6) is 5.75 Å². The Morgan fingerprint density at radius 3 is 2.56 bits per heavy atom. The van der Waals surface area contributed by atoms with Gasteiger partial charge in [-0.1, -0.05) is 17.3 Å². The molecule has 0 aliphatic rings. The van der Waals surface area contributed by atoms with Gasteiger partial charge < -0.3 is 29.2 Å². The van der Waals surface area contributed by atoms with Gasteiger partial charge in [0.25, 0.3) is 11.8 Å². The topological polar surface area (TPSA) is 123 Å². The quantitative estimate of drug-likeness (QED) is 0.360. The van der Waals surface area contributed by atoms with E-state index in [2.05, 4.69) is 20.8 Å². The number of aryl methyl sites for hydroxylation is 1. The monoisotopic (exact) mass is 489 g/mol. The molecule has 0 aliphatic heterocycles. The molecule has 2 aromatic heterocycles. The molecule has 2 N–H and O–H groups in total. The molecule has 10 nitrogen and oxygen atoms in total. The molecule has 4 aromatic rings. The van der Waals surface area contributed by atoms with E-state index in [1.165, 1.54) is 4.90 Å². The number of rotatable bonds is 9. The molecule has 0 aliphatic carbocycles. The van der Waals surface area contributed by atoms with Crippen molar-refractivity contribution in [2.75, 3.05) is 26.0 Å². The van der Waals surface area contributed by atoms with Crippen LogP contribution < -0.4 is 15.4 Å². The summed E-state index contributed by atoms with van der Waals surface area (Å²) < 4.78 is 16.1. The van der Waals surface area contributed by atoms with Gasteiger partial charge in [-0.25, -0.2) is 4.79 Å². The van der Waals surface area contributed by atoms with Crippen LogP contribution >= 0.6 is 0 Å². The second-order valence-electron chi connectivity index (χ2n) is 8.09. The van der Waals surface area contributed by atoms with Gasteiger partial charge in [0.05, 0.1) is 19.3 Å². The van der Waals surface area contributed by atoms with E-state index in [0.717, 1.165) is 5.76 Å². The number of aromatic nitrogens is 2. The minimum atomic E-state index is -0.278. The third kappa shape index (κ3) is 6.09. The number of amides is 3. The van der Waals surface area contributed by atoms with Crippen molar-refractivity contribution >= 4 is 17.6 Å². The number of carbonyl (C=O) groups is 2. The molecule has 0 spiro atoms. The fraction of sp³-hybridized carbons (Fsp3) is 0.231. The molecule has 186 valence electrons. The van der Waals surface area contributed by atoms with Gasteiger partial charge in [-0.2, -0.15) is 4.98 Å². The maximum Gasteiger partial charge on any atom is 0.321 e. The lowest BCUT2D eigenvalue weighted by molar-refractivity contribution is 0.0948. The van der Waals surface area contributed by atoms with E-state index >= 15 is 0 Å². The van der Waals surface area contributed by atoms with Gasteiger partial charge in [0.1, 0.15) is 17.3 Å². The van der Waals surface area contributed by atoms with E-state index in [9.17, 15) is 9.59 Å². The number of hydrogen-bond donors (Lipinski definition) is 2. The Balaban J connectivity index is 1.29. The Morgan fingerprint density at radius 2 is 1.83 bits per heavy atom. The van der Waals surface area contributed by atoms with Crippen LogP contribution in [0.4, 0.5) is 10.5 Å². The summed E-state index contributed by atoms with van der Waals surface area (Å²) in [5, 5.41) is 9.65. The SMILES string of the molecule is COc1ccccc1NC(=O)N(C)CCc1noc(-c2ccc(C(=O)NCc3ccc(C)o3)cc2)n1. The Kier molecular flexibility index (Phi) is 7.64. The zero-order valence-electron chi connectivity index (χ0n) is 20.3. The van der Waals surface area contributed by atoms with Crippen molar-refractivity contribution in [2.24, 2.45) is 0 Å². The van der Waals surface area contributed by atoms with Crippen LogP contribution in [0.2, 0.25) is 0 Å². The predicted molar refractivity (Wildman–Crippen MR) is 133 cm³/mol. The third-order valence-corrected chi connectivity index (χ3v) is 5.45. The summed E-state index contributed by atoms with van der Waals surface area (Å²) in [7, 11) is 3.23. The molecular formula is C26H27N5O5. The van der Waals surface area contributed by atoms with E-state index in [1.54, 1.807) is 50.6 Å². The number of methoxy groups -OCH3 is 1. The number of benzene rings is 2. The number of likely N-dealkylation sites (N-methyl/N-ethyl adjacent to an activating group) is 1. The van der Waals surface area contributed by atoms with Crippen molar-refractivity contribution in [1.82, 2.24) is 20.4 Å². The highest BCUT2D eigenvalue weighted by molar-refractivity contribution is 5.94. The van der Waals surface area contributed by atoms with Crippen molar-refractivity contribution in [2.45, 2.75) is 19.9 Å². The van der Waals surface area contributed by atoms with E-state index in [-0.39, 0.29) is 11.9 Å². The second kappa shape index (κ2) is 11.2. The average molecular weight is 490 g/mol. The Bertz CT molecular complexity index is 1330. The Morgan fingerprint density at radius 1 is 1.06 bits per heavy atom. The summed E-state index contributed by atoms with van der Waals surface area (Å²) >= 11 is 0. The van der Waals surface area contributed by atoms with Crippen LogP contribution in [0.15, 0.2) is 69.6 Å². The Labute approximate surface area is 208 Å². The van der Waals surface area contributed by atoms with Gasteiger partial charge in [-0.3, -0.25) is 4.79 Å². The molecule has 2 aromatic carbocycles. The maximum absolute atomic E-state index is 12.5. The van der Waals surface area contributed by atoms with E-state index in [0.29, 0.717) is 59.5 Å². The average Bonchev–Trinajstić information content (AvgIpc) is 3.55. The van der Waals surface area contributed by atoms with Crippen LogP contribution in [0.25, 0.3) is 11.5 Å². The van der Waals surface area contributed by atoms with Gasteiger partial charge in [-0.15, -0.1) is 0 Å². The van der Waals surface area contributed by atoms with E-state index < -0.39 is 0 Å². The zero-order chi connectivity index (χ0) is 25.5. The Hall–Kier alpha value is -4.60. The normalized spacial score (nSPS) is 10.6. The number of hydrogen-bond acceptors (Lipinski definition) is 7. The van der Waals surface area contributed by atoms with Gasteiger partial charge >= 0.3 is 6.03 Å². The lowest BCUT2D eigenvalue weighted by atomic mass is 10.1. The number of anilines is 1. The standard InChI is InChI=1S/C26H27N5O5/c1-17-8-13-20(35-17)16-27-24(32)18-9-11-19(12-10-18)25-29-23(30-36-25)14-15-31(2)26(33)28-21-6-4-5-7-22(21)34-3/h4-13H,14-16H2,1-3H3,(H,27,32)(H,28,33). The highest BCUT2D eigenvalue weighted by Gasteiger charge is 2.15. The molecule has 0 unspecified atom stereocenters. The second-order valence-corrected chi connectivity index (χ2v) is 8.09. The molecule has 0 radical (unpaired) electrons.